The molecule has 0 spiro atoms. The second-order valence-electron chi connectivity index (χ2n) is 8.06. The number of benzene rings is 1. The van der Waals surface area contributed by atoms with Gasteiger partial charge in [-0.1, -0.05) is 20.4 Å². The maximum atomic E-state index is 13.3. The van der Waals surface area contributed by atoms with Crippen molar-refractivity contribution in [1.29, 1.82) is 0 Å². The Morgan fingerprint density at radius 2 is 2.03 bits per heavy atom. The van der Waals surface area contributed by atoms with Crippen LogP contribution in [0, 0.1) is 5.92 Å². The fourth-order valence-corrected chi connectivity index (χ4v) is 5.00. The fourth-order valence-electron chi connectivity index (χ4n) is 3.30. The molecule has 1 aromatic carbocycles. The van der Waals surface area contributed by atoms with Crippen molar-refractivity contribution in [2.75, 3.05) is 22.8 Å². The third kappa shape index (κ3) is 5.07. The molecule has 0 saturated heterocycles. The Morgan fingerprint density at radius 3 is 2.62 bits per heavy atom. The zero-order valence-corrected chi connectivity index (χ0v) is 20.7. The lowest BCUT2D eigenvalue weighted by Crippen LogP contribution is -2.47. The van der Waals surface area contributed by atoms with Crippen LogP contribution in [0.3, 0.4) is 0 Å². The number of rotatable bonds is 7. The predicted molar refractivity (Wildman–Crippen MR) is 129 cm³/mol. The Kier molecular flexibility index (Phi) is 6.75. The van der Waals surface area contributed by atoms with Crippen molar-refractivity contribution in [2.24, 2.45) is 15.4 Å². The van der Waals surface area contributed by atoms with Gasteiger partial charge in [0.1, 0.15) is 16.3 Å². The summed E-state index contributed by atoms with van der Waals surface area (Å²) in [6.45, 7) is 9.68. The lowest BCUT2D eigenvalue weighted by Gasteiger charge is -2.36. The summed E-state index contributed by atoms with van der Waals surface area (Å²) in [5.41, 5.74) is -0.309. The molecule has 0 atom stereocenters. The highest BCUT2D eigenvalue weighted by Crippen LogP contribution is 2.34. The molecule has 0 unspecified atom stereocenters. The van der Waals surface area contributed by atoms with E-state index in [2.05, 4.69) is 26.1 Å². The molecule has 0 fully saturated rings. The van der Waals surface area contributed by atoms with E-state index in [4.69, 9.17) is 0 Å². The van der Waals surface area contributed by atoms with Crippen LogP contribution in [-0.4, -0.2) is 62.6 Å². The van der Waals surface area contributed by atoms with E-state index in [0.29, 0.717) is 6.42 Å². The molecule has 14 heteroatoms. The Balaban J connectivity index is 2.09. The summed E-state index contributed by atoms with van der Waals surface area (Å²) in [6, 6.07) is 3.80. The average molecular weight is 511 g/mol. The quantitative estimate of drug-likeness (QED) is 0.469. The Morgan fingerprint density at radius 1 is 1.35 bits per heavy atom. The van der Waals surface area contributed by atoms with Crippen LogP contribution >= 0.6 is 0 Å². The lowest BCUT2D eigenvalue weighted by atomic mass is 10.1. The lowest BCUT2D eigenvalue weighted by molar-refractivity contribution is -0.127. The maximum Gasteiger partial charge on any atom is 0.286 e. The van der Waals surface area contributed by atoms with Crippen LogP contribution in [0.4, 0.5) is 11.4 Å². The first kappa shape index (κ1) is 25.2. The Bertz CT molecular complexity index is 1350. The largest absolute Gasteiger partial charge is 0.493 e. The average Bonchev–Trinajstić information content (AvgIpc) is 2.70. The summed E-state index contributed by atoms with van der Waals surface area (Å²) in [5, 5.41) is 18.7. The van der Waals surface area contributed by atoms with Gasteiger partial charge in [-0.15, -0.1) is 4.40 Å². The van der Waals surface area contributed by atoms with Crippen LogP contribution in [-0.2, 0) is 24.8 Å². The number of aliphatic hydroxyl groups is 1. The molecule has 2 aliphatic heterocycles. The third-order valence-electron chi connectivity index (χ3n) is 4.86. The molecule has 0 aromatic heterocycles. The number of sulfonamides is 2. The third-order valence-corrected chi connectivity index (χ3v) is 6.79. The van der Waals surface area contributed by atoms with Crippen LogP contribution in [0.5, 0.6) is 0 Å². The molecular formula is C20H26N6O6S2. The number of nitrogens with zero attached hydrogens (tertiary/aromatic N) is 4. The van der Waals surface area contributed by atoms with E-state index in [1.54, 1.807) is 6.92 Å². The van der Waals surface area contributed by atoms with Gasteiger partial charge in [0.2, 0.25) is 15.9 Å². The van der Waals surface area contributed by atoms with Crippen LogP contribution in [0.15, 0.2) is 56.4 Å². The number of aliphatic hydroxyl groups excluding tert-OH is 1. The predicted octanol–water partition coefficient (Wildman–Crippen LogP) is 2.01. The number of amides is 1. The van der Waals surface area contributed by atoms with Crippen LogP contribution < -0.4 is 10.0 Å². The molecular weight excluding hydrogens is 484 g/mol. The van der Waals surface area contributed by atoms with Crippen molar-refractivity contribution in [3.05, 3.63) is 42.1 Å². The smallest absolute Gasteiger partial charge is 0.286 e. The molecule has 0 radical (unpaired) electrons. The molecule has 12 nitrogen and oxygen atoms in total. The maximum absolute atomic E-state index is 13.3. The second kappa shape index (κ2) is 9.10. The zero-order valence-electron chi connectivity index (χ0n) is 19.1. The number of fused-ring (bicyclic) bond motifs is 1. The number of carbonyl (C=O) groups is 1. The van der Waals surface area contributed by atoms with E-state index in [-0.39, 0.29) is 34.6 Å². The highest BCUT2D eigenvalue weighted by atomic mass is 32.2. The monoisotopic (exact) mass is 510 g/mol. The van der Waals surface area contributed by atoms with Crippen molar-refractivity contribution in [1.82, 2.24) is 9.91 Å². The van der Waals surface area contributed by atoms with Crippen LogP contribution in [0.1, 0.15) is 27.2 Å². The number of amidine groups is 1. The minimum Gasteiger partial charge on any atom is -0.493 e. The van der Waals surface area contributed by atoms with Crippen LogP contribution in [0.25, 0.3) is 0 Å². The normalized spacial score (nSPS) is 18.3. The zero-order chi connectivity index (χ0) is 25.4. The van der Waals surface area contributed by atoms with Crippen molar-refractivity contribution in [2.45, 2.75) is 32.1 Å². The highest BCUT2D eigenvalue weighted by molar-refractivity contribution is 7.92. The van der Waals surface area contributed by atoms with Gasteiger partial charge in [0.25, 0.3) is 15.9 Å². The van der Waals surface area contributed by atoms with E-state index in [0.717, 1.165) is 17.3 Å². The van der Waals surface area contributed by atoms with Gasteiger partial charge in [-0.05, 0) is 37.5 Å². The number of anilines is 2. The molecule has 184 valence electrons. The van der Waals surface area contributed by atoms with Gasteiger partial charge in [0.05, 0.1) is 11.9 Å². The second-order valence-corrected chi connectivity index (χ2v) is 11.4. The van der Waals surface area contributed by atoms with Gasteiger partial charge in [0.15, 0.2) is 5.84 Å². The van der Waals surface area contributed by atoms with Gasteiger partial charge in [0, 0.05) is 18.4 Å². The molecule has 2 heterocycles. The van der Waals surface area contributed by atoms with E-state index >= 15 is 0 Å². The van der Waals surface area contributed by atoms with E-state index in [1.165, 1.54) is 23.2 Å². The summed E-state index contributed by atoms with van der Waals surface area (Å²) in [4.78, 5) is 14.3. The fraction of sp³-hybridized carbons (Fsp3) is 0.350. The van der Waals surface area contributed by atoms with Crippen molar-refractivity contribution < 1.29 is 26.7 Å². The molecule has 2 aliphatic rings. The van der Waals surface area contributed by atoms with Gasteiger partial charge < -0.3 is 10.4 Å². The van der Waals surface area contributed by atoms with Crippen molar-refractivity contribution >= 4 is 49.4 Å². The first-order chi connectivity index (χ1) is 15.7. The molecule has 1 amide bonds. The molecule has 34 heavy (non-hydrogen) atoms. The molecule has 3 N–H and O–H groups in total. The Labute approximate surface area is 198 Å². The number of nitrogens with one attached hydrogen (secondary N) is 2. The van der Waals surface area contributed by atoms with E-state index in [9.17, 15) is 26.7 Å². The van der Waals surface area contributed by atoms with Gasteiger partial charge >= 0.3 is 0 Å². The number of hydrazone groups is 1. The molecule has 0 bridgehead atoms. The van der Waals surface area contributed by atoms with E-state index in [1.807, 2.05) is 13.8 Å². The highest BCUT2D eigenvalue weighted by Gasteiger charge is 2.40. The summed E-state index contributed by atoms with van der Waals surface area (Å²) in [7, 11) is -7.99. The minimum atomic E-state index is -4.36. The van der Waals surface area contributed by atoms with Crippen LogP contribution in [0.2, 0.25) is 0 Å². The molecule has 0 aliphatic carbocycles. The standard InChI is InChI=1S/C20H26N6O6S2/c1-6-21-26-13(4)25(10-9-12(2)3)19(27)17(20(26)28)18-22-15-8-7-14(23-33(5,29)30)11-16(15)34(31,32)24-18/h6-8,11-12,23,28H,4,9-10H2,1-3,5H3,(H,22,24)/b21-6-. The van der Waals surface area contributed by atoms with Crippen molar-refractivity contribution in [3.8, 4) is 0 Å². The first-order valence-electron chi connectivity index (χ1n) is 10.2. The van der Waals surface area contributed by atoms with E-state index < -0.39 is 43.2 Å². The molecule has 0 saturated carbocycles. The summed E-state index contributed by atoms with van der Waals surface area (Å²) < 4.78 is 54.7. The summed E-state index contributed by atoms with van der Waals surface area (Å²) in [5.74, 6) is -1.34. The van der Waals surface area contributed by atoms with Gasteiger partial charge in [-0.25, -0.2) is 8.42 Å². The molecule has 1 aromatic rings. The summed E-state index contributed by atoms with van der Waals surface area (Å²) >= 11 is 0. The SMILES string of the molecule is C=C1N(CCC(C)C)C(=O)C(C2=NS(=O)(=O)c3cc(NS(C)(=O)=O)ccc3N2)=C(O)N1/N=C\C. The minimum absolute atomic E-state index is 0.0284. The van der Waals surface area contributed by atoms with Crippen molar-refractivity contribution in [3.63, 3.8) is 0 Å². The number of hydrogen-bond donors (Lipinski definition) is 3. The topological polar surface area (TPSA) is 161 Å². The first-order valence-corrected chi connectivity index (χ1v) is 13.5. The summed E-state index contributed by atoms with van der Waals surface area (Å²) in [6.07, 6.45) is 2.94. The number of hydrogen-bond acceptors (Lipinski definition) is 9. The molecule has 3 rings (SSSR count). The van der Waals surface area contributed by atoms with Gasteiger partial charge in [-0.2, -0.15) is 18.5 Å². The Hall–Kier alpha value is -3.39. The number of carbonyl (C=O) groups excluding carboxylic acids is 1. The van der Waals surface area contributed by atoms with Gasteiger partial charge in [-0.3, -0.25) is 14.4 Å².